The molecule has 2 aliphatic rings. The Kier molecular flexibility index (Phi) is 9.72. The van der Waals surface area contributed by atoms with Gasteiger partial charge in [-0.2, -0.15) is 0 Å². The number of epoxide rings is 2. The van der Waals surface area contributed by atoms with Crippen LogP contribution >= 0.6 is 0 Å². The molecular formula is C23H42O6Si3. The van der Waals surface area contributed by atoms with Crippen LogP contribution in [0, 0.1) is 0 Å². The van der Waals surface area contributed by atoms with Crippen molar-refractivity contribution in [2.75, 3.05) is 39.6 Å². The minimum atomic E-state index is -2.55. The largest absolute Gasteiger partial charge is 0.433 e. The van der Waals surface area contributed by atoms with E-state index >= 15 is 0 Å². The van der Waals surface area contributed by atoms with E-state index in [9.17, 15) is 0 Å². The third-order valence-corrected chi connectivity index (χ3v) is 17.8. The fourth-order valence-corrected chi connectivity index (χ4v) is 17.5. The molecule has 2 fully saturated rings. The average molecular weight is 499 g/mol. The fraction of sp³-hybridized carbons (Fsp3) is 0.739. The van der Waals surface area contributed by atoms with Gasteiger partial charge in [-0.3, -0.25) is 0 Å². The molecule has 6 nitrogen and oxygen atoms in total. The summed E-state index contributed by atoms with van der Waals surface area (Å²) in [5, 5.41) is 1.23. The molecule has 0 spiro atoms. The molecule has 2 unspecified atom stereocenters. The van der Waals surface area contributed by atoms with Gasteiger partial charge in [-0.25, -0.2) is 0 Å². The second kappa shape index (κ2) is 11.9. The van der Waals surface area contributed by atoms with Crippen molar-refractivity contribution in [1.82, 2.24) is 0 Å². The van der Waals surface area contributed by atoms with Gasteiger partial charge in [-0.1, -0.05) is 30.3 Å². The second-order valence-electron chi connectivity index (χ2n) is 10.3. The highest BCUT2D eigenvalue weighted by molar-refractivity contribution is 6.94. The number of hydrogen-bond acceptors (Lipinski definition) is 6. The summed E-state index contributed by atoms with van der Waals surface area (Å²) in [7, 11) is -6.39. The third kappa shape index (κ3) is 9.86. The maximum Gasteiger partial charge on any atom is 0.348 e. The average Bonchev–Trinajstić information content (AvgIpc) is 3.62. The monoisotopic (exact) mass is 498 g/mol. The topological polar surface area (TPSA) is 62.0 Å². The SMILES string of the molecule is C[Si](C)(CCCOCC1CO1)O[Si](C)(O[Si](C)(C)CCCOCC1CO1)c1ccccc1. The minimum absolute atomic E-state index is 0.332. The van der Waals surface area contributed by atoms with E-state index in [2.05, 4.69) is 63.1 Å². The van der Waals surface area contributed by atoms with Crippen molar-refractivity contribution in [3.05, 3.63) is 30.3 Å². The van der Waals surface area contributed by atoms with Crippen LogP contribution in [0.15, 0.2) is 30.3 Å². The Morgan fingerprint density at radius 1 is 0.750 bits per heavy atom. The quantitative estimate of drug-likeness (QED) is 0.184. The molecule has 2 atom stereocenters. The molecule has 1 aromatic carbocycles. The van der Waals surface area contributed by atoms with Crippen LogP contribution in [0.1, 0.15) is 12.8 Å². The summed E-state index contributed by atoms with van der Waals surface area (Å²) in [4.78, 5) is 0. The van der Waals surface area contributed by atoms with Gasteiger partial charge in [0.2, 0.25) is 0 Å². The summed E-state index contributed by atoms with van der Waals surface area (Å²) in [6.07, 6.45) is 2.71. The van der Waals surface area contributed by atoms with E-state index in [1.807, 2.05) is 0 Å². The van der Waals surface area contributed by atoms with Gasteiger partial charge < -0.3 is 27.2 Å². The number of benzene rings is 1. The minimum Gasteiger partial charge on any atom is -0.433 e. The van der Waals surface area contributed by atoms with Crippen molar-refractivity contribution < 1.29 is 27.2 Å². The van der Waals surface area contributed by atoms with Gasteiger partial charge in [0.05, 0.1) is 26.4 Å². The molecule has 0 N–H and O–H groups in total. The Morgan fingerprint density at radius 3 is 1.59 bits per heavy atom. The highest BCUT2D eigenvalue weighted by atomic mass is 28.5. The van der Waals surface area contributed by atoms with Gasteiger partial charge in [-0.15, -0.1) is 0 Å². The molecule has 1 aromatic rings. The fourth-order valence-electron chi connectivity index (χ4n) is 3.99. The lowest BCUT2D eigenvalue weighted by molar-refractivity contribution is 0.116. The van der Waals surface area contributed by atoms with Gasteiger partial charge in [0.1, 0.15) is 12.2 Å². The molecule has 0 saturated carbocycles. The summed E-state index contributed by atoms with van der Waals surface area (Å²) in [5.41, 5.74) is 0. The first kappa shape index (κ1) is 26.2. The summed E-state index contributed by atoms with van der Waals surface area (Å²) >= 11 is 0. The highest BCUT2D eigenvalue weighted by Gasteiger charge is 2.44. The molecule has 0 aliphatic carbocycles. The first-order valence-electron chi connectivity index (χ1n) is 12.0. The Balaban J connectivity index is 1.53. The molecule has 3 rings (SSSR count). The summed E-state index contributed by atoms with van der Waals surface area (Å²) in [6.45, 7) is 16.2. The van der Waals surface area contributed by atoms with Crippen LogP contribution < -0.4 is 5.19 Å². The third-order valence-electron chi connectivity index (χ3n) is 5.79. The molecule has 0 bridgehead atoms. The van der Waals surface area contributed by atoms with Crippen molar-refractivity contribution in [2.45, 2.75) is 69.9 Å². The van der Waals surface area contributed by atoms with E-state index in [1.165, 1.54) is 5.19 Å². The number of rotatable bonds is 17. The lowest BCUT2D eigenvalue weighted by Gasteiger charge is -2.41. The zero-order valence-electron chi connectivity index (χ0n) is 20.6. The molecule has 32 heavy (non-hydrogen) atoms. The summed E-state index contributed by atoms with van der Waals surface area (Å²) in [6, 6.07) is 12.7. The normalized spacial score (nSPS) is 22.5. The van der Waals surface area contributed by atoms with Crippen molar-refractivity contribution in [1.29, 1.82) is 0 Å². The molecule has 0 amide bonds. The summed E-state index contributed by atoms with van der Waals surface area (Å²) < 4.78 is 35.9. The Hall–Kier alpha value is -0.369. The Bertz CT molecular complexity index is 644. The van der Waals surface area contributed by atoms with Gasteiger partial charge in [-0.05, 0) is 62.9 Å². The highest BCUT2D eigenvalue weighted by Crippen LogP contribution is 2.26. The van der Waals surface area contributed by atoms with Crippen molar-refractivity contribution in [3.8, 4) is 0 Å². The van der Waals surface area contributed by atoms with Crippen LogP contribution in [-0.4, -0.2) is 77.0 Å². The van der Waals surface area contributed by atoms with Gasteiger partial charge in [0.15, 0.2) is 16.6 Å². The van der Waals surface area contributed by atoms with Gasteiger partial charge in [0, 0.05) is 13.2 Å². The molecular weight excluding hydrogens is 457 g/mol. The molecule has 2 saturated heterocycles. The van der Waals surface area contributed by atoms with Crippen LogP contribution in [0.4, 0.5) is 0 Å². The van der Waals surface area contributed by atoms with E-state index < -0.39 is 25.2 Å². The molecule has 2 heterocycles. The first-order chi connectivity index (χ1) is 15.2. The zero-order valence-corrected chi connectivity index (χ0v) is 23.6. The van der Waals surface area contributed by atoms with Crippen LogP contribution in [0.5, 0.6) is 0 Å². The van der Waals surface area contributed by atoms with Crippen LogP contribution in [0.25, 0.3) is 0 Å². The van der Waals surface area contributed by atoms with Crippen molar-refractivity contribution >= 4 is 30.4 Å². The Morgan fingerprint density at radius 2 is 1.19 bits per heavy atom. The zero-order chi connectivity index (χ0) is 23.1. The molecule has 2 aliphatic heterocycles. The van der Waals surface area contributed by atoms with E-state index in [0.717, 1.165) is 64.6 Å². The lowest BCUT2D eigenvalue weighted by Crippen LogP contribution is -2.61. The molecule has 0 aromatic heterocycles. The van der Waals surface area contributed by atoms with Gasteiger partial charge in [0.25, 0.3) is 0 Å². The van der Waals surface area contributed by atoms with E-state index in [4.69, 9.17) is 27.2 Å². The van der Waals surface area contributed by atoms with Crippen molar-refractivity contribution in [3.63, 3.8) is 0 Å². The lowest BCUT2D eigenvalue weighted by atomic mass is 10.4. The number of ether oxygens (including phenoxy) is 4. The first-order valence-corrected chi connectivity index (χ1v) is 20.6. The van der Waals surface area contributed by atoms with Crippen LogP contribution in [0.3, 0.4) is 0 Å². The standard InChI is InChI=1S/C23H42O6Si3/c1-30(2,15-9-13-24-17-21-19-26-21)28-32(5,23-11-7-6-8-12-23)29-31(3,4)16-10-14-25-18-22-20-27-22/h6-8,11-12,21-22H,9-10,13-20H2,1-5H3. The molecule has 9 heteroatoms. The second-order valence-corrected chi connectivity index (χ2v) is 22.4. The smallest absolute Gasteiger partial charge is 0.348 e. The molecule has 182 valence electrons. The Labute approximate surface area is 197 Å². The predicted octanol–water partition coefficient (Wildman–Crippen LogP) is 4.02. The maximum atomic E-state index is 7.02. The summed E-state index contributed by atoms with van der Waals surface area (Å²) in [5.74, 6) is 0. The van der Waals surface area contributed by atoms with Crippen molar-refractivity contribution in [2.24, 2.45) is 0 Å². The van der Waals surface area contributed by atoms with E-state index in [0.29, 0.717) is 12.2 Å². The van der Waals surface area contributed by atoms with Gasteiger partial charge >= 0.3 is 8.56 Å². The molecule has 0 radical (unpaired) electrons. The van der Waals surface area contributed by atoms with E-state index in [1.54, 1.807) is 0 Å². The van der Waals surface area contributed by atoms with Crippen LogP contribution in [-0.2, 0) is 27.2 Å². The predicted molar refractivity (Wildman–Crippen MR) is 135 cm³/mol. The van der Waals surface area contributed by atoms with E-state index in [-0.39, 0.29) is 0 Å². The maximum absolute atomic E-state index is 7.02. The number of hydrogen-bond donors (Lipinski definition) is 0. The van der Waals surface area contributed by atoms with Crippen LogP contribution in [0.2, 0.25) is 44.8 Å².